The average molecular weight is 400 g/mol. The molecule has 0 unspecified atom stereocenters. The summed E-state index contributed by atoms with van der Waals surface area (Å²) < 4.78 is 37.8. The van der Waals surface area contributed by atoms with Gasteiger partial charge in [-0.3, -0.25) is 4.79 Å². The van der Waals surface area contributed by atoms with Gasteiger partial charge in [-0.15, -0.1) is 11.8 Å². The number of amides is 1. The number of benzene rings is 2. The standard InChI is InChI=1S/C18H16ClF2NO3S/c19-13-6-11(7-16-18(13)25-5-1-4-24-16)9-26-10-17(23)22-15-8-12(20)2-3-14(15)21/h2-3,6-8H,1,4-5,9-10H2,(H,22,23). The van der Waals surface area contributed by atoms with Gasteiger partial charge in [0.1, 0.15) is 11.6 Å². The number of halogens is 3. The van der Waals surface area contributed by atoms with Crippen LogP contribution in [0, 0.1) is 11.6 Å². The van der Waals surface area contributed by atoms with Crippen LogP contribution < -0.4 is 14.8 Å². The number of nitrogens with one attached hydrogen (secondary N) is 1. The van der Waals surface area contributed by atoms with Gasteiger partial charge in [-0.05, 0) is 29.8 Å². The van der Waals surface area contributed by atoms with Crippen molar-refractivity contribution in [1.82, 2.24) is 0 Å². The molecule has 0 radical (unpaired) electrons. The second kappa shape index (κ2) is 8.60. The van der Waals surface area contributed by atoms with Crippen LogP contribution in [0.15, 0.2) is 30.3 Å². The first-order chi connectivity index (χ1) is 12.5. The lowest BCUT2D eigenvalue weighted by Crippen LogP contribution is -2.15. The van der Waals surface area contributed by atoms with Crippen molar-refractivity contribution in [3.8, 4) is 11.5 Å². The Morgan fingerprint density at radius 3 is 2.85 bits per heavy atom. The molecular formula is C18H16ClF2NO3S. The van der Waals surface area contributed by atoms with Gasteiger partial charge < -0.3 is 14.8 Å². The largest absolute Gasteiger partial charge is 0.489 e. The normalized spacial score (nSPS) is 13.2. The minimum absolute atomic E-state index is 0.0853. The van der Waals surface area contributed by atoms with Crippen LogP contribution >= 0.6 is 23.4 Å². The molecule has 0 aromatic heterocycles. The summed E-state index contributed by atoms with van der Waals surface area (Å²) in [5.74, 6) is 0.0157. The molecule has 4 nitrogen and oxygen atoms in total. The lowest BCUT2D eigenvalue weighted by Gasteiger charge is -2.11. The number of rotatable bonds is 5. The molecule has 2 aromatic rings. The van der Waals surface area contributed by atoms with Crippen LogP contribution in [0.1, 0.15) is 12.0 Å². The minimum Gasteiger partial charge on any atom is -0.489 e. The topological polar surface area (TPSA) is 47.6 Å². The smallest absolute Gasteiger partial charge is 0.234 e. The van der Waals surface area contributed by atoms with E-state index in [1.165, 1.54) is 11.8 Å². The van der Waals surface area contributed by atoms with Crippen LogP contribution in [-0.4, -0.2) is 24.9 Å². The third-order valence-corrected chi connectivity index (χ3v) is 4.85. The molecule has 0 spiro atoms. The predicted octanol–water partition coefficient (Wildman–Crippen LogP) is 4.65. The van der Waals surface area contributed by atoms with Gasteiger partial charge in [-0.2, -0.15) is 0 Å². The fourth-order valence-electron chi connectivity index (χ4n) is 2.41. The third-order valence-electron chi connectivity index (χ3n) is 3.57. The van der Waals surface area contributed by atoms with Crippen molar-refractivity contribution in [3.63, 3.8) is 0 Å². The Labute approximate surface area is 158 Å². The second-order valence-electron chi connectivity index (χ2n) is 5.62. The van der Waals surface area contributed by atoms with Gasteiger partial charge in [0.05, 0.1) is 29.7 Å². The second-order valence-corrected chi connectivity index (χ2v) is 7.01. The van der Waals surface area contributed by atoms with Crippen LogP contribution in [0.2, 0.25) is 5.02 Å². The maximum absolute atomic E-state index is 13.5. The van der Waals surface area contributed by atoms with Gasteiger partial charge in [0.25, 0.3) is 0 Å². The number of hydrogen-bond acceptors (Lipinski definition) is 4. The lowest BCUT2D eigenvalue weighted by molar-refractivity contribution is -0.113. The number of carbonyl (C=O) groups excluding carboxylic acids is 1. The highest BCUT2D eigenvalue weighted by atomic mass is 35.5. The van der Waals surface area contributed by atoms with E-state index in [4.69, 9.17) is 21.1 Å². The van der Waals surface area contributed by atoms with E-state index in [1.807, 2.05) is 6.07 Å². The van der Waals surface area contributed by atoms with Gasteiger partial charge in [0.2, 0.25) is 5.91 Å². The van der Waals surface area contributed by atoms with E-state index >= 15 is 0 Å². The molecule has 0 saturated heterocycles. The molecular weight excluding hydrogens is 384 g/mol. The van der Waals surface area contributed by atoms with Crippen molar-refractivity contribution in [2.24, 2.45) is 0 Å². The summed E-state index contributed by atoms with van der Waals surface area (Å²) in [6, 6.07) is 6.52. The molecule has 1 aliphatic heterocycles. The van der Waals surface area contributed by atoms with Crippen molar-refractivity contribution in [2.45, 2.75) is 12.2 Å². The molecule has 26 heavy (non-hydrogen) atoms. The first kappa shape index (κ1) is 18.8. The maximum atomic E-state index is 13.5. The number of anilines is 1. The Kier molecular flexibility index (Phi) is 6.21. The number of thioether (sulfide) groups is 1. The SMILES string of the molecule is O=C(CSCc1cc(Cl)c2c(c1)OCCCO2)Nc1cc(F)ccc1F. The molecule has 0 aliphatic carbocycles. The lowest BCUT2D eigenvalue weighted by atomic mass is 10.2. The van der Waals surface area contributed by atoms with Gasteiger partial charge in [-0.25, -0.2) is 8.78 Å². The quantitative estimate of drug-likeness (QED) is 0.795. The minimum atomic E-state index is -0.681. The summed E-state index contributed by atoms with van der Waals surface area (Å²) in [5, 5.41) is 2.83. The van der Waals surface area contributed by atoms with Gasteiger partial charge >= 0.3 is 0 Å². The molecule has 0 saturated carbocycles. The van der Waals surface area contributed by atoms with E-state index < -0.39 is 17.5 Å². The zero-order valence-electron chi connectivity index (χ0n) is 13.7. The van der Waals surface area contributed by atoms with Crippen LogP contribution in [-0.2, 0) is 10.5 Å². The summed E-state index contributed by atoms with van der Waals surface area (Å²) in [6.07, 6.45) is 0.784. The fraction of sp³-hybridized carbons (Fsp3) is 0.278. The molecule has 8 heteroatoms. The number of fused-ring (bicyclic) bond motifs is 1. The molecule has 2 aromatic carbocycles. The number of ether oxygens (including phenoxy) is 2. The van der Waals surface area contributed by atoms with E-state index in [0.717, 1.165) is 30.2 Å². The Bertz CT molecular complexity index is 819. The van der Waals surface area contributed by atoms with Crippen molar-refractivity contribution >= 4 is 35.0 Å². The molecule has 0 bridgehead atoms. The van der Waals surface area contributed by atoms with E-state index in [9.17, 15) is 13.6 Å². The van der Waals surface area contributed by atoms with Crippen molar-refractivity contribution in [3.05, 3.63) is 52.6 Å². The predicted molar refractivity (Wildman–Crippen MR) is 98.2 cm³/mol. The zero-order valence-corrected chi connectivity index (χ0v) is 15.3. The summed E-state index contributed by atoms with van der Waals surface area (Å²) in [5.41, 5.74) is 0.711. The molecule has 0 atom stereocenters. The highest BCUT2D eigenvalue weighted by Crippen LogP contribution is 2.38. The van der Waals surface area contributed by atoms with Crippen LogP contribution in [0.4, 0.5) is 14.5 Å². The summed E-state index contributed by atoms with van der Waals surface area (Å²) in [6.45, 7) is 1.11. The first-order valence-corrected chi connectivity index (χ1v) is 9.47. The monoisotopic (exact) mass is 399 g/mol. The highest BCUT2D eigenvalue weighted by Gasteiger charge is 2.16. The zero-order chi connectivity index (χ0) is 18.5. The third kappa shape index (κ3) is 4.80. The maximum Gasteiger partial charge on any atom is 0.234 e. The number of carbonyl (C=O) groups is 1. The summed E-state index contributed by atoms with van der Waals surface area (Å²) >= 11 is 7.56. The first-order valence-electron chi connectivity index (χ1n) is 7.93. The van der Waals surface area contributed by atoms with E-state index in [0.29, 0.717) is 35.5 Å². The molecule has 1 amide bonds. The Hall–Kier alpha value is -1.99. The van der Waals surface area contributed by atoms with E-state index in [2.05, 4.69) is 5.32 Å². The fourth-order valence-corrected chi connectivity index (χ4v) is 3.46. The summed E-state index contributed by atoms with van der Waals surface area (Å²) in [4.78, 5) is 11.9. The molecule has 1 N–H and O–H groups in total. The van der Waals surface area contributed by atoms with Crippen molar-refractivity contribution in [2.75, 3.05) is 24.3 Å². The Balaban J connectivity index is 1.56. The van der Waals surface area contributed by atoms with Gasteiger partial charge in [-0.1, -0.05) is 11.6 Å². The van der Waals surface area contributed by atoms with E-state index in [1.54, 1.807) is 6.07 Å². The Morgan fingerprint density at radius 2 is 2.00 bits per heavy atom. The van der Waals surface area contributed by atoms with Crippen molar-refractivity contribution < 1.29 is 23.0 Å². The van der Waals surface area contributed by atoms with Crippen molar-refractivity contribution in [1.29, 1.82) is 0 Å². The molecule has 1 heterocycles. The van der Waals surface area contributed by atoms with Crippen LogP contribution in [0.5, 0.6) is 11.5 Å². The molecule has 3 rings (SSSR count). The highest BCUT2D eigenvalue weighted by molar-refractivity contribution is 7.99. The number of hydrogen-bond donors (Lipinski definition) is 1. The Morgan fingerprint density at radius 1 is 1.19 bits per heavy atom. The van der Waals surface area contributed by atoms with Crippen LogP contribution in [0.3, 0.4) is 0 Å². The summed E-state index contributed by atoms with van der Waals surface area (Å²) in [7, 11) is 0. The van der Waals surface area contributed by atoms with E-state index in [-0.39, 0.29) is 11.4 Å². The van der Waals surface area contributed by atoms with Gasteiger partial charge in [0, 0.05) is 18.2 Å². The molecule has 0 fully saturated rings. The van der Waals surface area contributed by atoms with Gasteiger partial charge in [0.15, 0.2) is 11.5 Å². The van der Waals surface area contributed by atoms with Crippen LogP contribution in [0.25, 0.3) is 0 Å². The average Bonchev–Trinajstić information content (AvgIpc) is 2.84. The molecule has 138 valence electrons. The molecule has 1 aliphatic rings.